The van der Waals surface area contributed by atoms with Crippen molar-refractivity contribution in [2.45, 2.75) is 13.5 Å². The third-order valence-electron chi connectivity index (χ3n) is 2.86. The molecule has 2 heterocycles. The second kappa shape index (κ2) is 7.58. The van der Waals surface area contributed by atoms with Gasteiger partial charge in [0.1, 0.15) is 6.61 Å². The van der Waals surface area contributed by atoms with E-state index in [2.05, 4.69) is 16.8 Å². The standard InChI is InChI=1S/C16H16N2O2S/c1-2-18(12-13-6-3-4-10-17-13)16(20)15-9-8-14(21-15)7-5-11-19/h3-4,6,8-10,19H,2,11-12H2,1H3. The minimum absolute atomic E-state index is 0.0230. The van der Waals surface area contributed by atoms with Gasteiger partial charge in [-0.1, -0.05) is 17.9 Å². The quantitative estimate of drug-likeness (QED) is 0.880. The Labute approximate surface area is 128 Å². The van der Waals surface area contributed by atoms with Crippen LogP contribution in [-0.2, 0) is 6.54 Å². The summed E-state index contributed by atoms with van der Waals surface area (Å²) in [6, 6.07) is 9.24. The van der Waals surface area contributed by atoms with Gasteiger partial charge >= 0.3 is 0 Å². The highest BCUT2D eigenvalue weighted by molar-refractivity contribution is 7.14. The van der Waals surface area contributed by atoms with E-state index < -0.39 is 0 Å². The summed E-state index contributed by atoms with van der Waals surface area (Å²) in [7, 11) is 0. The molecule has 4 nitrogen and oxygen atoms in total. The van der Waals surface area contributed by atoms with E-state index in [-0.39, 0.29) is 12.5 Å². The molecule has 0 radical (unpaired) electrons. The summed E-state index contributed by atoms with van der Waals surface area (Å²) < 4.78 is 0. The topological polar surface area (TPSA) is 53.4 Å². The summed E-state index contributed by atoms with van der Waals surface area (Å²) in [5.74, 6) is 5.37. The van der Waals surface area contributed by atoms with Crippen molar-refractivity contribution in [3.05, 3.63) is 52.0 Å². The molecule has 0 saturated heterocycles. The Balaban J connectivity index is 2.11. The van der Waals surface area contributed by atoms with Crippen LogP contribution in [0.5, 0.6) is 0 Å². The number of pyridine rings is 1. The Kier molecular flexibility index (Phi) is 5.50. The van der Waals surface area contributed by atoms with Crippen molar-refractivity contribution >= 4 is 17.2 Å². The van der Waals surface area contributed by atoms with E-state index in [0.29, 0.717) is 18.0 Å². The third kappa shape index (κ3) is 4.15. The normalized spacial score (nSPS) is 9.81. The lowest BCUT2D eigenvalue weighted by atomic mass is 10.3. The lowest BCUT2D eigenvalue weighted by Crippen LogP contribution is -2.30. The number of thiophene rings is 1. The fourth-order valence-corrected chi connectivity index (χ4v) is 2.67. The lowest BCUT2D eigenvalue weighted by molar-refractivity contribution is 0.0755. The smallest absolute Gasteiger partial charge is 0.264 e. The van der Waals surface area contributed by atoms with Gasteiger partial charge in [0.2, 0.25) is 0 Å². The van der Waals surface area contributed by atoms with Crippen molar-refractivity contribution in [1.29, 1.82) is 0 Å². The highest BCUT2D eigenvalue weighted by Gasteiger charge is 2.16. The summed E-state index contributed by atoms with van der Waals surface area (Å²) in [6.45, 7) is 2.87. The minimum Gasteiger partial charge on any atom is -0.384 e. The van der Waals surface area contributed by atoms with E-state index >= 15 is 0 Å². The van der Waals surface area contributed by atoms with Gasteiger partial charge in [0, 0.05) is 12.7 Å². The number of aromatic nitrogens is 1. The average Bonchev–Trinajstić information content (AvgIpc) is 3.00. The van der Waals surface area contributed by atoms with Gasteiger partial charge in [0.05, 0.1) is 22.0 Å². The fourth-order valence-electron chi connectivity index (χ4n) is 1.82. The van der Waals surface area contributed by atoms with Gasteiger partial charge in [-0.2, -0.15) is 0 Å². The van der Waals surface area contributed by atoms with Crippen LogP contribution in [0.25, 0.3) is 0 Å². The molecule has 2 aromatic rings. The largest absolute Gasteiger partial charge is 0.384 e. The highest BCUT2D eigenvalue weighted by atomic mass is 32.1. The molecule has 2 aromatic heterocycles. The van der Waals surface area contributed by atoms with Gasteiger partial charge in [0.15, 0.2) is 0 Å². The van der Waals surface area contributed by atoms with Crippen molar-refractivity contribution in [2.75, 3.05) is 13.2 Å². The molecule has 5 heteroatoms. The second-order valence-electron chi connectivity index (χ2n) is 4.26. The third-order valence-corrected chi connectivity index (χ3v) is 3.84. The zero-order valence-electron chi connectivity index (χ0n) is 11.7. The zero-order valence-corrected chi connectivity index (χ0v) is 12.6. The van der Waals surface area contributed by atoms with Gasteiger partial charge in [-0.25, -0.2) is 0 Å². The van der Waals surface area contributed by atoms with Gasteiger partial charge in [-0.3, -0.25) is 9.78 Å². The van der Waals surface area contributed by atoms with Crippen LogP contribution in [0.15, 0.2) is 36.5 Å². The molecule has 0 aliphatic carbocycles. The lowest BCUT2D eigenvalue weighted by Gasteiger charge is -2.19. The number of aliphatic hydroxyl groups excluding tert-OH is 1. The maximum Gasteiger partial charge on any atom is 0.264 e. The number of aliphatic hydroxyl groups is 1. The van der Waals surface area contributed by atoms with Crippen LogP contribution in [0.1, 0.15) is 27.2 Å². The van der Waals surface area contributed by atoms with Crippen LogP contribution in [0.4, 0.5) is 0 Å². The predicted octanol–water partition coefficient (Wildman–Crippen LogP) is 2.15. The summed E-state index contributed by atoms with van der Waals surface area (Å²) >= 11 is 1.34. The fraction of sp³-hybridized carbons (Fsp3) is 0.250. The van der Waals surface area contributed by atoms with Crippen molar-refractivity contribution in [2.24, 2.45) is 0 Å². The summed E-state index contributed by atoms with van der Waals surface area (Å²) in [5.41, 5.74) is 0.865. The van der Waals surface area contributed by atoms with Crippen LogP contribution >= 0.6 is 11.3 Å². The number of hydrogen-bond acceptors (Lipinski definition) is 4. The Morgan fingerprint density at radius 1 is 1.38 bits per heavy atom. The molecule has 21 heavy (non-hydrogen) atoms. The second-order valence-corrected chi connectivity index (χ2v) is 5.35. The van der Waals surface area contributed by atoms with Crippen LogP contribution in [-0.4, -0.2) is 34.0 Å². The number of nitrogens with zero attached hydrogens (tertiary/aromatic N) is 2. The van der Waals surface area contributed by atoms with Crippen LogP contribution < -0.4 is 0 Å². The van der Waals surface area contributed by atoms with E-state index in [1.807, 2.05) is 25.1 Å². The molecule has 0 saturated carbocycles. The summed E-state index contributed by atoms with van der Waals surface area (Å²) in [4.78, 5) is 19.9. The first-order valence-corrected chi connectivity index (χ1v) is 7.45. The molecule has 0 bridgehead atoms. The first kappa shape index (κ1) is 15.2. The Bertz CT molecular complexity index is 656. The zero-order chi connectivity index (χ0) is 15.1. The summed E-state index contributed by atoms with van der Waals surface area (Å²) in [5, 5.41) is 8.68. The minimum atomic E-state index is -0.179. The van der Waals surface area contributed by atoms with E-state index in [1.54, 1.807) is 23.2 Å². The van der Waals surface area contributed by atoms with Gasteiger partial charge < -0.3 is 10.0 Å². The molecule has 1 amide bonds. The van der Waals surface area contributed by atoms with Crippen molar-refractivity contribution in [1.82, 2.24) is 9.88 Å². The molecule has 1 N–H and O–H groups in total. The molecule has 0 unspecified atom stereocenters. The maximum absolute atomic E-state index is 12.5. The van der Waals surface area contributed by atoms with E-state index in [1.165, 1.54) is 11.3 Å². The van der Waals surface area contributed by atoms with Gasteiger partial charge in [-0.05, 0) is 31.2 Å². The predicted molar refractivity (Wildman–Crippen MR) is 82.9 cm³/mol. The highest BCUT2D eigenvalue weighted by Crippen LogP contribution is 2.18. The molecular formula is C16H16N2O2S. The molecular weight excluding hydrogens is 284 g/mol. The Morgan fingerprint density at radius 2 is 2.24 bits per heavy atom. The van der Waals surface area contributed by atoms with E-state index in [4.69, 9.17) is 5.11 Å². The molecule has 2 rings (SSSR count). The van der Waals surface area contributed by atoms with Gasteiger partial charge in [0.25, 0.3) is 5.91 Å². The number of rotatable bonds is 4. The van der Waals surface area contributed by atoms with Crippen molar-refractivity contribution in [3.63, 3.8) is 0 Å². The van der Waals surface area contributed by atoms with Crippen molar-refractivity contribution in [3.8, 4) is 11.8 Å². The van der Waals surface area contributed by atoms with Crippen LogP contribution in [0.3, 0.4) is 0 Å². The van der Waals surface area contributed by atoms with E-state index in [9.17, 15) is 4.79 Å². The first-order chi connectivity index (χ1) is 10.2. The molecule has 0 atom stereocenters. The number of carbonyl (C=O) groups excluding carboxylic acids is 1. The SMILES string of the molecule is CCN(Cc1ccccn1)C(=O)c1ccc(C#CCO)s1. The van der Waals surface area contributed by atoms with Crippen LogP contribution in [0, 0.1) is 11.8 Å². The van der Waals surface area contributed by atoms with Gasteiger partial charge in [-0.15, -0.1) is 11.3 Å². The van der Waals surface area contributed by atoms with Crippen molar-refractivity contribution < 1.29 is 9.90 Å². The molecule has 0 spiro atoms. The number of carbonyl (C=O) groups is 1. The molecule has 0 aliphatic heterocycles. The number of hydrogen-bond donors (Lipinski definition) is 1. The maximum atomic E-state index is 12.5. The Morgan fingerprint density at radius 3 is 2.90 bits per heavy atom. The molecule has 108 valence electrons. The average molecular weight is 300 g/mol. The first-order valence-electron chi connectivity index (χ1n) is 6.63. The number of amides is 1. The molecule has 0 aliphatic rings. The summed E-state index contributed by atoms with van der Waals surface area (Å²) in [6.07, 6.45) is 1.72. The monoisotopic (exact) mass is 300 g/mol. The molecule has 0 aromatic carbocycles. The van der Waals surface area contributed by atoms with Crippen LogP contribution in [0.2, 0.25) is 0 Å². The Hall–Kier alpha value is -2.16. The molecule has 0 fully saturated rings. The van der Waals surface area contributed by atoms with E-state index in [0.717, 1.165) is 10.6 Å².